The van der Waals surface area contributed by atoms with Gasteiger partial charge in [0.2, 0.25) is 5.91 Å². The van der Waals surface area contributed by atoms with Gasteiger partial charge in [-0.3, -0.25) is 14.6 Å². The van der Waals surface area contributed by atoms with E-state index in [4.69, 9.17) is 0 Å². The number of carbonyl (C=O) groups is 1. The average molecular weight is 378 g/mol. The molecule has 2 aliphatic carbocycles. The third-order valence-electron chi connectivity index (χ3n) is 5.44. The summed E-state index contributed by atoms with van der Waals surface area (Å²) in [7, 11) is 0. The summed E-state index contributed by atoms with van der Waals surface area (Å²) in [5, 5.41) is 2.92. The summed E-state index contributed by atoms with van der Waals surface area (Å²) < 4.78 is 0.995. The van der Waals surface area contributed by atoms with E-state index in [0.717, 1.165) is 22.6 Å². The highest BCUT2D eigenvalue weighted by molar-refractivity contribution is 9.10. The van der Waals surface area contributed by atoms with E-state index in [1.165, 1.54) is 56.6 Å². The second-order valence-corrected chi connectivity index (χ2v) is 7.92. The molecule has 0 aromatic heterocycles. The Kier molecular flexibility index (Phi) is 4.20. The number of aryl methyl sites for hydroxylation is 1. The number of anilines is 1. The monoisotopic (exact) mass is 377 g/mol. The number of benzene rings is 1. The highest BCUT2D eigenvalue weighted by Gasteiger charge is 2.35. The smallest absolute Gasteiger partial charge is 0.221 e. The molecule has 0 spiro atoms. The van der Waals surface area contributed by atoms with Crippen molar-refractivity contribution >= 4 is 27.5 Å². The molecule has 0 radical (unpaired) electrons. The molecule has 1 unspecified atom stereocenters. The lowest BCUT2D eigenvalue weighted by atomic mass is 10.1. The zero-order valence-electron chi connectivity index (χ0n) is 13.6. The summed E-state index contributed by atoms with van der Waals surface area (Å²) >= 11 is 3.63. The van der Waals surface area contributed by atoms with Gasteiger partial charge in [-0.15, -0.1) is 0 Å². The number of halogens is 1. The molecule has 23 heavy (non-hydrogen) atoms. The number of carbonyl (C=O) groups excluding carboxylic acids is 1. The molecule has 1 aromatic carbocycles. The van der Waals surface area contributed by atoms with Crippen LogP contribution < -0.4 is 5.32 Å². The fourth-order valence-corrected chi connectivity index (χ4v) is 4.59. The number of hydrogen-bond donors (Lipinski definition) is 1. The molecule has 0 bridgehead atoms. The van der Waals surface area contributed by atoms with Crippen molar-refractivity contribution in [3.63, 3.8) is 0 Å². The van der Waals surface area contributed by atoms with Crippen LogP contribution in [0.1, 0.15) is 43.4 Å². The second-order valence-electron chi connectivity index (χ2n) is 7.07. The standard InChI is InChI=1S/C18H24BrN3O/c1-12(23)20-17-10-13-2-5-18(15(13)11-16(17)19)22-8-6-21(7-9-22)14-3-4-14/h10-11,14,18H,2-9H2,1H3,(H,20,23). The normalized spacial score (nSPS) is 25.4. The number of fused-ring (bicyclic) bond motifs is 1. The van der Waals surface area contributed by atoms with E-state index < -0.39 is 0 Å². The SMILES string of the molecule is CC(=O)Nc1cc2c(cc1Br)C(N1CCN(C3CC3)CC1)CC2. The van der Waals surface area contributed by atoms with E-state index in [1.54, 1.807) is 6.92 Å². The van der Waals surface area contributed by atoms with E-state index in [2.05, 4.69) is 43.2 Å². The maximum atomic E-state index is 11.3. The molecule has 4 nitrogen and oxygen atoms in total. The van der Waals surface area contributed by atoms with E-state index in [-0.39, 0.29) is 5.91 Å². The van der Waals surface area contributed by atoms with Crippen LogP contribution in [-0.4, -0.2) is 47.9 Å². The Morgan fingerprint density at radius 1 is 1.13 bits per heavy atom. The van der Waals surface area contributed by atoms with Gasteiger partial charge < -0.3 is 5.32 Å². The Morgan fingerprint density at radius 2 is 1.83 bits per heavy atom. The van der Waals surface area contributed by atoms with Crippen molar-refractivity contribution in [2.75, 3.05) is 31.5 Å². The highest BCUT2D eigenvalue weighted by Crippen LogP contribution is 2.41. The molecule has 3 aliphatic rings. The molecule has 1 atom stereocenters. The second kappa shape index (κ2) is 6.19. The van der Waals surface area contributed by atoms with Gasteiger partial charge >= 0.3 is 0 Å². The molecule has 1 saturated heterocycles. The van der Waals surface area contributed by atoms with Crippen LogP contribution in [-0.2, 0) is 11.2 Å². The molecule has 2 fully saturated rings. The third-order valence-corrected chi connectivity index (χ3v) is 6.09. The predicted octanol–water partition coefficient (Wildman–Crippen LogP) is 3.17. The molecule has 1 N–H and O–H groups in total. The van der Waals surface area contributed by atoms with Crippen LogP contribution in [0.15, 0.2) is 16.6 Å². The van der Waals surface area contributed by atoms with Gasteiger partial charge in [0.15, 0.2) is 0 Å². The first-order valence-electron chi connectivity index (χ1n) is 8.70. The Bertz CT molecular complexity index is 621. The fraction of sp³-hybridized carbons (Fsp3) is 0.611. The number of nitrogens with zero attached hydrogens (tertiary/aromatic N) is 2. The lowest BCUT2D eigenvalue weighted by Crippen LogP contribution is -2.48. The quantitative estimate of drug-likeness (QED) is 0.878. The van der Waals surface area contributed by atoms with Crippen LogP contribution in [0.4, 0.5) is 5.69 Å². The molecular weight excluding hydrogens is 354 g/mol. The predicted molar refractivity (Wildman–Crippen MR) is 95.7 cm³/mol. The van der Waals surface area contributed by atoms with E-state index in [1.807, 2.05) is 0 Å². The molecule has 5 heteroatoms. The van der Waals surface area contributed by atoms with Crippen molar-refractivity contribution in [1.29, 1.82) is 0 Å². The van der Waals surface area contributed by atoms with Gasteiger partial charge in [-0.05, 0) is 64.9 Å². The Hall–Kier alpha value is -0.910. The maximum absolute atomic E-state index is 11.3. The minimum atomic E-state index is -0.0172. The molecular formula is C18H24BrN3O. The van der Waals surface area contributed by atoms with Crippen molar-refractivity contribution in [3.8, 4) is 0 Å². The third kappa shape index (κ3) is 3.19. The zero-order chi connectivity index (χ0) is 16.0. The van der Waals surface area contributed by atoms with Crippen molar-refractivity contribution in [2.24, 2.45) is 0 Å². The van der Waals surface area contributed by atoms with Crippen LogP contribution in [0, 0.1) is 0 Å². The van der Waals surface area contributed by atoms with Crippen LogP contribution in [0.3, 0.4) is 0 Å². The van der Waals surface area contributed by atoms with Crippen LogP contribution >= 0.6 is 15.9 Å². The van der Waals surface area contributed by atoms with E-state index in [0.29, 0.717) is 6.04 Å². The summed E-state index contributed by atoms with van der Waals surface area (Å²) in [4.78, 5) is 16.7. The first-order chi connectivity index (χ1) is 11.1. The molecule has 1 heterocycles. The van der Waals surface area contributed by atoms with Crippen molar-refractivity contribution < 1.29 is 4.79 Å². The van der Waals surface area contributed by atoms with Gasteiger partial charge in [0, 0.05) is 49.7 Å². The van der Waals surface area contributed by atoms with E-state index >= 15 is 0 Å². The Balaban J connectivity index is 1.49. The van der Waals surface area contributed by atoms with E-state index in [9.17, 15) is 4.79 Å². The van der Waals surface area contributed by atoms with Crippen LogP contribution in [0.5, 0.6) is 0 Å². The molecule has 1 amide bonds. The highest BCUT2D eigenvalue weighted by atomic mass is 79.9. The molecule has 1 aliphatic heterocycles. The van der Waals surface area contributed by atoms with Crippen molar-refractivity contribution in [1.82, 2.24) is 9.80 Å². The zero-order valence-corrected chi connectivity index (χ0v) is 15.2. The van der Waals surface area contributed by atoms with Crippen molar-refractivity contribution in [2.45, 2.75) is 44.7 Å². The minimum absolute atomic E-state index is 0.0172. The Morgan fingerprint density at radius 3 is 2.48 bits per heavy atom. The summed E-state index contributed by atoms with van der Waals surface area (Å²) in [6.07, 6.45) is 5.13. The Labute approximate surface area is 146 Å². The minimum Gasteiger partial charge on any atom is -0.325 e. The summed E-state index contributed by atoms with van der Waals surface area (Å²) in [6, 6.07) is 5.82. The molecule has 4 rings (SSSR count). The first-order valence-corrected chi connectivity index (χ1v) is 9.49. The fourth-order valence-electron chi connectivity index (χ4n) is 4.13. The van der Waals surface area contributed by atoms with Gasteiger partial charge in [0.1, 0.15) is 0 Å². The average Bonchev–Trinajstić information content (AvgIpc) is 3.30. The number of hydrogen-bond acceptors (Lipinski definition) is 3. The van der Waals surface area contributed by atoms with Gasteiger partial charge in [0.25, 0.3) is 0 Å². The number of nitrogens with one attached hydrogen (secondary N) is 1. The van der Waals surface area contributed by atoms with Crippen LogP contribution in [0.25, 0.3) is 0 Å². The number of rotatable bonds is 3. The largest absolute Gasteiger partial charge is 0.325 e. The summed E-state index contributed by atoms with van der Waals surface area (Å²) in [5.41, 5.74) is 3.74. The first kappa shape index (κ1) is 15.6. The van der Waals surface area contributed by atoms with Crippen molar-refractivity contribution in [3.05, 3.63) is 27.7 Å². The summed E-state index contributed by atoms with van der Waals surface area (Å²) in [6.45, 7) is 6.38. The number of piperazine rings is 1. The van der Waals surface area contributed by atoms with Gasteiger partial charge in [-0.25, -0.2) is 0 Å². The van der Waals surface area contributed by atoms with Gasteiger partial charge in [-0.2, -0.15) is 0 Å². The molecule has 1 saturated carbocycles. The number of amides is 1. The van der Waals surface area contributed by atoms with Crippen LogP contribution in [0.2, 0.25) is 0 Å². The molecule has 124 valence electrons. The maximum Gasteiger partial charge on any atom is 0.221 e. The topological polar surface area (TPSA) is 35.6 Å². The molecule has 1 aromatic rings. The lowest BCUT2D eigenvalue weighted by molar-refractivity contribution is -0.114. The summed E-state index contributed by atoms with van der Waals surface area (Å²) in [5.74, 6) is -0.0172. The lowest BCUT2D eigenvalue weighted by Gasteiger charge is -2.38. The van der Waals surface area contributed by atoms with Gasteiger partial charge in [0.05, 0.1) is 5.69 Å². The van der Waals surface area contributed by atoms with Gasteiger partial charge in [-0.1, -0.05) is 0 Å².